The second-order valence-corrected chi connectivity index (χ2v) is 5.38. The van der Waals surface area contributed by atoms with E-state index in [1.54, 1.807) is 30.3 Å². The molecule has 0 aliphatic carbocycles. The van der Waals surface area contributed by atoms with E-state index in [-0.39, 0.29) is 11.9 Å². The lowest BCUT2D eigenvalue weighted by molar-refractivity contribution is 0.600. The normalized spacial score (nSPS) is 12.3. The van der Waals surface area contributed by atoms with Crippen LogP contribution in [0, 0.1) is 5.82 Å². The van der Waals surface area contributed by atoms with Crippen LogP contribution in [0.3, 0.4) is 0 Å². The predicted molar refractivity (Wildman–Crippen MR) is 79.9 cm³/mol. The summed E-state index contributed by atoms with van der Waals surface area (Å²) in [4.78, 5) is 0. The highest BCUT2D eigenvalue weighted by Crippen LogP contribution is 2.36. The largest absolute Gasteiger partial charge is 0.376 e. The highest BCUT2D eigenvalue weighted by atomic mass is 35.5. The highest BCUT2D eigenvalue weighted by molar-refractivity contribution is 6.41. The summed E-state index contributed by atoms with van der Waals surface area (Å²) in [6, 6.07) is 9.47. The van der Waals surface area contributed by atoms with Crippen molar-refractivity contribution < 1.29 is 4.39 Å². The number of hydrogen-bond donors (Lipinski definition) is 1. The van der Waals surface area contributed by atoms with Gasteiger partial charge in [-0.05, 0) is 25.1 Å². The van der Waals surface area contributed by atoms with Crippen molar-refractivity contribution in [1.29, 1.82) is 0 Å². The van der Waals surface area contributed by atoms with E-state index >= 15 is 0 Å². The first-order valence-electron chi connectivity index (χ1n) is 5.64. The third-order valence-electron chi connectivity index (χ3n) is 2.74. The van der Waals surface area contributed by atoms with Crippen LogP contribution < -0.4 is 5.32 Å². The van der Waals surface area contributed by atoms with Crippen LogP contribution in [0.1, 0.15) is 18.5 Å². The Bertz CT molecular complexity index is 578. The molecule has 0 saturated carbocycles. The van der Waals surface area contributed by atoms with Gasteiger partial charge in [0.2, 0.25) is 0 Å². The van der Waals surface area contributed by atoms with Crippen LogP contribution in [0.4, 0.5) is 10.1 Å². The topological polar surface area (TPSA) is 12.0 Å². The second kappa shape index (κ2) is 6.00. The lowest BCUT2D eigenvalue weighted by atomic mass is 10.1. The Kier molecular flexibility index (Phi) is 4.56. The van der Waals surface area contributed by atoms with Crippen molar-refractivity contribution in [3.05, 3.63) is 62.8 Å². The Morgan fingerprint density at radius 1 is 1.05 bits per heavy atom. The summed E-state index contributed by atoms with van der Waals surface area (Å²) < 4.78 is 13.7. The van der Waals surface area contributed by atoms with Gasteiger partial charge in [0, 0.05) is 10.6 Å². The highest BCUT2D eigenvalue weighted by Gasteiger charge is 2.14. The zero-order valence-corrected chi connectivity index (χ0v) is 12.3. The van der Waals surface area contributed by atoms with Gasteiger partial charge < -0.3 is 5.32 Å². The van der Waals surface area contributed by atoms with Gasteiger partial charge in [-0.15, -0.1) is 0 Å². The summed E-state index contributed by atoms with van der Waals surface area (Å²) in [5.74, 6) is -0.274. The lowest BCUT2D eigenvalue weighted by Gasteiger charge is -2.18. The van der Waals surface area contributed by atoms with Gasteiger partial charge >= 0.3 is 0 Å². The van der Waals surface area contributed by atoms with Crippen molar-refractivity contribution in [3.63, 3.8) is 0 Å². The van der Waals surface area contributed by atoms with E-state index in [1.807, 2.05) is 6.92 Å². The maximum atomic E-state index is 13.7. The molecular weight excluding hydrogens is 308 g/mol. The van der Waals surface area contributed by atoms with Gasteiger partial charge in [0.05, 0.1) is 21.8 Å². The third-order valence-corrected chi connectivity index (χ3v) is 3.55. The smallest absolute Gasteiger partial charge is 0.128 e. The zero-order valence-electron chi connectivity index (χ0n) is 10.1. The summed E-state index contributed by atoms with van der Waals surface area (Å²) in [5, 5.41) is 4.36. The SMILES string of the molecule is CC(Nc1c(Cl)cc(Cl)cc1Cl)c1ccccc1F. The van der Waals surface area contributed by atoms with E-state index in [9.17, 15) is 4.39 Å². The van der Waals surface area contributed by atoms with Crippen LogP contribution in [-0.4, -0.2) is 0 Å². The molecule has 0 aromatic heterocycles. The first kappa shape index (κ1) is 14.4. The fraction of sp³-hybridized carbons (Fsp3) is 0.143. The van der Waals surface area contributed by atoms with Gasteiger partial charge in [0.15, 0.2) is 0 Å². The fourth-order valence-corrected chi connectivity index (χ4v) is 2.73. The van der Waals surface area contributed by atoms with Gasteiger partial charge in [-0.25, -0.2) is 4.39 Å². The molecule has 0 fully saturated rings. The second-order valence-electron chi connectivity index (χ2n) is 4.13. The molecule has 1 atom stereocenters. The number of hydrogen-bond acceptors (Lipinski definition) is 1. The minimum absolute atomic E-state index is 0.266. The monoisotopic (exact) mass is 317 g/mol. The Balaban J connectivity index is 2.29. The van der Waals surface area contributed by atoms with Crippen LogP contribution in [0.2, 0.25) is 15.1 Å². The van der Waals surface area contributed by atoms with E-state index < -0.39 is 0 Å². The molecule has 0 bridgehead atoms. The number of halogens is 4. The van der Waals surface area contributed by atoms with Crippen LogP contribution >= 0.6 is 34.8 Å². The Morgan fingerprint density at radius 2 is 1.63 bits per heavy atom. The summed E-state index contributed by atoms with van der Waals surface area (Å²) in [6.07, 6.45) is 0. The summed E-state index contributed by atoms with van der Waals surface area (Å²) in [7, 11) is 0. The first-order valence-corrected chi connectivity index (χ1v) is 6.78. The van der Waals surface area contributed by atoms with Gasteiger partial charge in [-0.3, -0.25) is 0 Å². The average Bonchev–Trinajstić information content (AvgIpc) is 2.34. The average molecular weight is 319 g/mol. The molecule has 0 radical (unpaired) electrons. The maximum Gasteiger partial charge on any atom is 0.128 e. The lowest BCUT2D eigenvalue weighted by Crippen LogP contribution is -2.09. The molecule has 2 rings (SSSR count). The molecule has 1 nitrogen and oxygen atoms in total. The van der Waals surface area contributed by atoms with Crippen molar-refractivity contribution in [2.45, 2.75) is 13.0 Å². The number of anilines is 1. The van der Waals surface area contributed by atoms with Crippen molar-refractivity contribution >= 4 is 40.5 Å². The van der Waals surface area contributed by atoms with Gasteiger partial charge in [0.1, 0.15) is 5.82 Å². The molecule has 0 aliphatic rings. The van der Waals surface area contributed by atoms with E-state index in [4.69, 9.17) is 34.8 Å². The Hall–Kier alpha value is -0.960. The molecule has 19 heavy (non-hydrogen) atoms. The number of benzene rings is 2. The predicted octanol–water partition coefficient (Wildman–Crippen LogP) is 5.96. The molecule has 0 spiro atoms. The molecular formula is C14H11Cl3FN. The maximum absolute atomic E-state index is 13.7. The molecule has 2 aromatic rings. The van der Waals surface area contributed by atoms with Crippen molar-refractivity contribution in [2.24, 2.45) is 0 Å². The number of rotatable bonds is 3. The minimum atomic E-state index is -0.274. The molecule has 1 N–H and O–H groups in total. The van der Waals surface area contributed by atoms with Crippen LogP contribution in [0.15, 0.2) is 36.4 Å². The molecule has 0 aliphatic heterocycles. The quantitative estimate of drug-likeness (QED) is 0.736. The summed E-state index contributed by atoms with van der Waals surface area (Å²) in [5.41, 5.74) is 1.09. The standard InChI is InChI=1S/C14H11Cl3FN/c1-8(10-4-2-3-5-13(10)18)19-14-11(16)6-9(15)7-12(14)17/h2-8,19H,1H3. The molecule has 2 aromatic carbocycles. The van der Waals surface area contributed by atoms with Crippen molar-refractivity contribution in [3.8, 4) is 0 Å². The van der Waals surface area contributed by atoms with Crippen molar-refractivity contribution in [1.82, 2.24) is 0 Å². The van der Waals surface area contributed by atoms with Gasteiger partial charge in [0.25, 0.3) is 0 Å². The van der Waals surface area contributed by atoms with Gasteiger partial charge in [-0.1, -0.05) is 53.0 Å². The third kappa shape index (κ3) is 3.33. The molecule has 5 heteroatoms. The molecule has 0 heterocycles. The Labute approximate surface area is 126 Å². The molecule has 100 valence electrons. The van der Waals surface area contributed by atoms with E-state index in [0.29, 0.717) is 26.3 Å². The summed E-state index contributed by atoms with van der Waals surface area (Å²) in [6.45, 7) is 1.83. The van der Waals surface area contributed by atoms with E-state index in [2.05, 4.69) is 5.32 Å². The van der Waals surface area contributed by atoms with Crippen LogP contribution in [0.5, 0.6) is 0 Å². The zero-order chi connectivity index (χ0) is 14.0. The summed E-state index contributed by atoms with van der Waals surface area (Å²) >= 11 is 18.0. The van der Waals surface area contributed by atoms with E-state index in [0.717, 1.165) is 0 Å². The van der Waals surface area contributed by atoms with Crippen LogP contribution in [-0.2, 0) is 0 Å². The molecule has 1 unspecified atom stereocenters. The van der Waals surface area contributed by atoms with Crippen LogP contribution in [0.25, 0.3) is 0 Å². The number of nitrogens with one attached hydrogen (secondary N) is 1. The first-order chi connectivity index (χ1) is 8.99. The molecule has 0 amide bonds. The van der Waals surface area contributed by atoms with Gasteiger partial charge in [-0.2, -0.15) is 0 Å². The fourth-order valence-electron chi connectivity index (χ4n) is 1.80. The van der Waals surface area contributed by atoms with E-state index in [1.165, 1.54) is 6.07 Å². The Morgan fingerprint density at radius 3 is 2.21 bits per heavy atom. The molecule has 0 saturated heterocycles. The minimum Gasteiger partial charge on any atom is -0.376 e. The van der Waals surface area contributed by atoms with Crippen molar-refractivity contribution in [2.75, 3.05) is 5.32 Å².